The molecule has 1 aliphatic heterocycles. The molecule has 0 radical (unpaired) electrons. The van der Waals surface area contributed by atoms with Crippen molar-refractivity contribution in [3.63, 3.8) is 0 Å². The lowest BCUT2D eigenvalue weighted by Gasteiger charge is -2.28. The third kappa shape index (κ3) is 11.7. The van der Waals surface area contributed by atoms with Gasteiger partial charge in [-0.05, 0) is 81.7 Å². The van der Waals surface area contributed by atoms with E-state index < -0.39 is 43.9 Å². The summed E-state index contributed by atoms with van der Waals surface area (Å²) in [5.74, 6) is -1.54. The summed E-state index contributed by atoms with van der Waals surface area (Å²) in [6, 6.07) is 16.3. The summed E-state index contributed by atoms with van der Waals surface area (Å²) >= 11 is 0. The molecule has 1 heterocycles. The normalized spacial score (nSPS) is 16.1. The summed E-state index contributed by atoms with van der Waals surface area (Å²) in [6.07, 6.45) is 0.203. The minimum absolute atomic E-state index is 0.0323. The Balaban J connectivity index is 1.56. The molecule has 0 saturated carbocycles. The zero-order valence-electron chi connectivity index (χ0n) is 29.6. The third-order valence-corrected chi connectivity index (χ3v) is 9.07. The van der Waals surface area contributed by atoms with Crippen LogP contribution >= 0.6 is 0 Å². The van der Waals surface area contributed by atoms with Crippen LogP contribution in [0, 0.1) is 13.8 Å². The zero-order valence-corrected chi connectivity index (χ0v) is 29.6. The molecule has 1 saturated heterocycles. The van der Waals surface area contributed by atoms with Gasteiger partial charge < -0.3 is 41.3 Å². The quantitative estimate of drug-likeness (QED) is 0.120. The lowest BCUT2D eigenvalue weighted by atomic mass is 10.0. The van der Waals surface area contributed by atoms with Gasteiger partial charge >= 0.3 is 0 Å². The van der Waals surface area contributed by atoms with E-state index in [1.54, 1.807) is 12.1 Å². The molecule has 278 valence electrons. The maximum atomic E-state index is 13.0. The zero-order chi connectivity index (χ0) is 36.9. The highest BCUT2D eigenvalue weighted by molar-refractivity contribution is 5.98. The predicted molar refractivity (Wildman–Crippen MR) is 193 cm³/mol. The molecule has 1 unspecified atom stereocenters. The van der Waals surface area contributed by atoms with Crippen LogP contribution in [0.25, 0.3) is 0 Å². The molecule has 13 nitrogen and oxygen atoms in total. The molecule has 4 rings (SSSR count). The van der Waals surface area contributed by atoms with Crippen LogP contribution in [0.1, 0.15) is 61.4 Å². The lowest BCUT2D eigenvalue weighted by molar-refractivity contribution is 0.0546. The van der Waals surface area contributed by atoms with Crippen molar-refractivity contribution in [3.05, 3.63) is 93.5 Å². The van der Waals surface area contributed by atoms with Gasteiger partial charge in [-0.2, -0.15) is 0 Å². The molecule has 51 heavy (non-hydrogen) atoms. The number of rotatable bonds is 13. The van der Waals surface area contributed by atoms with Gasteiger partial charge in [0.1, 0.15) is 17.7 Å². The van der Waals surface area contributed by atoms with Gasteiger partial charge in [0.25, 0.3) is 11.8 Å². The number of hydrogen-bond donors (Lipinski definition) is 8. The second-order valence-electron chi connectivity index (χ2n) is 13.4. The molecule has 1 aliphatic rings. The van der Waals surface area contributed by atoms with E-state index in [-0.39, 0.29) is 22.6 Å². The summed E-state index contributed by atoms with van der Waals surface area (Å²) in [6.45, 7) is 8.20. The number of aliphatic hydroxyl groups is 4. The van der Waals surface area contributed by atoms with E-state index in [0.29, 0.717) is 37.3 Å². The number of amides is 2. The highest BCUT2D eigenvalue weighted by Crippen LogP contribution is 2.28. The van der Waals surface area contributed by atoms with Crippen molar-refractivity contribution in [3.8, 4) is 11.5 Å². The molecule has 1 fully saturated rings. The van der Waals surface area contributed by atoms with Gasteiger partial charge in [0.05, 0.1) is 37.0 Å². The van der Waals surface area contributed by atoms with Crippen LogP contribution in [-0.2, 0) is 19.6 Å². The van der Waals surface area contributed by atoms with Crippen LogP contribution in [0.4, 0.5) is 0 Å². The number of nitrogens with zero attached hydrogens (tertiary/aromatic N) is 3. The monoisotopic (exact) mass is 707 g/mol. The summed E-state index contributed by atoms with van der Waals surface area (Å²) in [5, 5.41) is 65.0. The molecule has 0 spiro atoms. The van der Waals surface area contributed by atoms with E-state index >= 15 is 0 Å². The number of phenolic OH excluding ortho intramolecular Hbond substituents is 2. The van der Waals surface area contributed by atoms with E-state index in [2.05, 4.69) is 37.5 Å². The average molecular weight is 708 g/mol. The first-order valence-electron chi connectivity index (χ1n) is 17.5. The lowest BCUT2D eigenvalue weighted by Crippen LogP contribution is -2.40. The van der Waals surface area contributed by atoms with Gasteiger partial charge in [0.2, 0.25) is 0 Å². The van der Waals surface area contributed by atoms with Crippen LogP contribution < -0.4 is 10.6 Å². The Morgan fingerprint density at radius 3 is 1.57 bits per heavy atom. The fourth-order valence-corrected chi connectivity index (χ4v) is 6.43. The highest BCUT2D eigenvalue weighted by Gasteiger charge is 2.23. The fourth-order valence-electron chi connectivity index (χ4n) is 6.43. The van der Waals surface area contributed by atoms with Gasteiger partial charge in [-0.15, -0.1) is 0 Å². The van der Waals surface area contributed by atoms with E-state index in [1.165, 1.54) is 5.56 Å². The molecule has 8 N–H and O–H groups in total. The number of aryl methyl sites for hydroxylation is 2. The van der Waals surface area contributed by atoms with Crippen LogP contribution in [0.15, 0.2) is 54.6 Å². The Morgan fingerprint density at radius 1 is 0.647 bits per heavy atom. The highest BCUT2D eigenvalue weighted by atomic mass is 16.3. The predicted octanol–water partition coefficient (Wildman–Crippen LogP) is 1.44. The second kappa shape index (κ2) is 19.5. The molecular formula is C38H53N5O8. The molecule has 2 amide bonds. The number of aromatic hydroxyl groups is 2. The van der Waals surface area contributed by atoms with Crippen molar-refractivity contribution in [2.75, 3.05) is 59.1 Å². The smallest absolute Gasteiger partial charge is 0.257 e. The van der Waals surface area contributed by atoms with E-state index in [0.717, 1.165) is 56.7 Å². The number of nitrogens with one attached hydrogen (secondary N) is 2. The van der Waals surface area contributed by atoms with E-state index in [9.17, 15) is 35.1 Å². The van der Waals surface area contributed by atoms with Gasteiger partial charge in [-0.3, -0.25) is 24.3 Å². The van der Waals surface area contributed by atoms with E-state index in [4.69, 9.17) is 5.11 Å². The number of benzene rings is 3. The fraction of sp³-hybridized carbons (Fsp3) is 0.474. The number of phenols is 2. The largest absolute Gasteiger partial charge is 0.507 e. The number of hydrogen-bond acceptors (Lipinski definition) is 11. The Kier molecular flexibility index (Phi) is 15.2. The first kappa shape index (κ1) is 39.7. The maximum absolute atomic E-state index is 13.0. The molecule has 0 bridgehead atoms. The molecule has 0 aromatic heterocycles. The van der Waals surface area contributed by atoms with Crippen LogP contribution in [0.3, 0.4) is 0 Å². The third-order valence-electron chi connectivity index (χ3n) is 9.07. The van der Waals surface area contributed by atoms with Crippen LogP contribution in [0.5, 0.6) is 11.5 Å². The van der Waals surface area contributed by atoms with Crippen molar-refractivity contribution in [2.24, 2.45) is 0 Å². The minimum Gasteiger partial charge on any atom is -0.507 e. The van der Waals surface area contributed by atoms with Crippen molar-refractivity contribution in [1.29, 1.82) is 0 Å². The van der Waals surface area contributed by atoms with Crippen molar-refractivity contribution in [1.82, 2.24) is 25.3 Å². The average Bonchev–Trinajstić information content (AvgIpc) is 3.15. The molecule has 0 aliphatic carbocycles. The Hall–Kier alpha value is -4.08. The SMILES string of the molecule is Cc1cc(CN2CCCN(Cc3ccccc3)CCN(Cc3cc(C)cc(C(=O)NC(CO)CO)c3O)CCC2)c(O)c(C(=O)NC(O)CO)c1. The van der Waals surface area contributed by atoms with Crippen LogP contribution in [-0.4, -0.2) is 129 Å². The molecule has 3 aromatic carbocycles. The number of aliphatic hydroxyl groups excluding tert-OH is 4. The summed E-state index contributed by atoms with van der Waals surface area (Å²) < 4.78 is 0. The van der Waals surface area contributed by atoms with Gasteiger partial charge in [0.15, 0.2) is 0 Å². The number of carbonyl (C=O) groups excluding carboxylic acids is 2. The van der Waals surface area contributed by atoms with Crippen molar-refractivity contribution < 1.29 is 40.2 Å². The Morgan fingerprint density at radius 2 is 1.10 bits per heavy atom. The van der Waals surface area contributed by atoms with Crippen molar-refractivity contribution in [2.45, 2.75) is 58.6 Å². The van der Waals surface area contributed by atoms with Gasteiger partial charge in [-0.25, -0.2) is 0 Å². The Labute approximate surface area is 299 Å². The molecule has 3 aromatic rings. The van der Waals surface area contributed by atoms with Crippen molar-refractivity contribution >= 4 is 11.8 Å². The first-order chi connectivity index (χ1) is 24.5. The molecular weight excluding hydrogens is 654 g/mol. The van der Waals surface area contributed by atoms with Gasteiger partial charge in [0, 0.05) is 43.9 Å². The van der Waals surface area contributed by atoms with Crippen LogP contribution in [0.2, 0.25) is 0 Å². The first-order valence-corrected chi connectivity index (χ1v) is 17.5. The minimum atomic E-state index is -1.44. The maximum Gasteiger partial charge on any atom is 0.257 e. The standard InChI is InChI=1S/C38H53N5O8/c1-26-17-30(35(48)32(18-26)37(50)39-31(23-44)24-45)22-43-13-7-11-41(10-6-12-42(14-15-43)20-28-8-4-3-5-9-28)21-29-16-27(2)19-33(36(29)49)38(51)40-34(47)25-46/h3-5,8-9,16-19,31,34,44-49H,6-7,10-15,20-25H2,1-2H3,(H,39,50)(H,40,51). The molecule has 13 heteroatoms. The summed E-state index contributed by atoms with van der Waals surface area (Å²) in [4.78, 5) is 32.7. The second-order valence-corrected chi connectivity index (χ2v) is 13.4. The summed E-state index contributed by atoms with van der Waals surface area (Å²) in [5.41, 5.74) is 4.09. The Bertz CT molecular complexity index is 1590. The molecule has 1 atom stereocenters. The van der Waals surface area contributed by atoms with E-state index in [1.807, 2.05) is 44.2 Å². The number of carbonyl (C=O) groups is 2. The summed E-state index contributed by atoms with van der Waals surface area (Å²) in [7, 11) is 0. The topological polar surface area (TPSA) is 189 Å². The van der Waals surface area contributed by atoms with Gasteiger partial charge in [-0.1, -0.05) is 42.5 Å².